The van der Waals surface area contributed by atoms with Gasteiger partial charge in [-0.2, -0.15) is 5.10 Å². The number of ether oxygens (including phenoxy) is 4. The highest BCUT2D eigenvalue weighted by atomic mass is 16.5. The van der Waals surface area contributed by atoms with Gasteiger partial charge in [0.25, 0.3) is 0 Å². The van der Waals surface area contributed by atoms with E-state index in [0.29, 0.717) is 57.3 Å². The van der Waals surface area contributed by atoms with Crippen molar-refractivity contribution in [2.24, 2.45) is 7.05 Å². The number of benzene rings is 2. The maximum absolute atomic E-state index is 14.1. The predicted molar refractivity (Wildman–Crippen MR) is 157 cm³/mol. The minimum atomic E-state index is -0.353. The maximum atomic E-state index is 14.1. The Bertz CT molecular complexity index is 1430. The van der Waals surface area contributed by atoms with Crippen molar-refractivity contribution >= 4 is 11.8 Å². The Kier molecular flexibility index (Phi) is 9.01. The first-order valence-electron chi connectivity index (χ1n) is 14.4. The van der Waals surface area contributed by atoms with E-state index >= 15 is 0 Å². The number of carbonyl (C=O) groups excluding carboxylic acids is 2. The molecule has 2 bridgehead atoms. The number of methoxy groups -OCH3 is 2. The molecular weight excluding hydrogens is 536 g/mol. The standard InChI is InChI=1S/C32H40N4O6/c1-21-26(22(2)34(3)33-21)10-11-30(37)35-14-15-41-16-17-42-25-8-6-23(7-9-25)32-27-19-29(40-5)28(39-4)18-24(27)12-13-36(32)31(38)20-35/h6-9,18-19,32H,10-17,20H2,1-5H3. The van der Waals surface area contributed by atoms with Crippen molar-refractivity contribution in [3.05, 3.63) is 70.0 Å². The lowest BCUT2D eigenvalue weighted by molar-refractivity contribution is -0.142. The van der Waals surface area contributed by atoms with Gasteiger partial charge >= 0.3 is 0 Å². The minimum absolute atomic E-state index is 0.0269. The van der Waals surface area contributed by atoms with Crippen molar-refractivity contribution in [3.8, 4) is 17.2 Å². The summed E-state index contributed by atoms with van der Waals surface area (Å²) in [7, 11) is 5.14. The van der Waals surface area contributed by atoms with Crippen LogP contribution in [0.2, 0.25) is 0 Å². The molecule has 0 N–H and O–H groups in total. The monoisotopic (exact) mass is 576 g/mol. The Balaban J connectivity index is 1.45. The van der Waals surface area contributed by atoms with Gasteiger partial charge in [0.05, 0.1) is 45.7 Å². The molecule has 3 aromatic rings. The van der Waals surface area contributed by atoms with Gasteiger partial charge in [0, 0.05) is 32.3 Å². The summed E-state index contributed by atoms with van der Waals surface area (Å²) in [5, 5.41) is 4.48. The van der Waals surface area contributed by atoms with Gasteiger partial charge in [-0.05, 0) is 73.2 Å². The SMILES string of the molecule is COc1cc2c(cc1OC)C1c3ccc(cc3)OCCOCCN(C(=O)CCc3c(C)nn(C)c3C)CC(=O)N1CC2. The number of aromatic nitrogens is 2. The van der Waals surface area contributed by atoms with E-state index in [-0.39, 0.29) is 30.8 Å². The van der Waals surface area contributed by atoms with Gasteiger partial charge in [0.2, 0.25) is 11.8 Å². The van der Waals surface area contributed by atoms with E-state index in [1.54, 1.807) is 19.1 Å². The number of hydrogen-bond donors (Lipinski definition) is 0. The van der Waals surface area contributed by atoms with E-state index in [1.165, 1.54) is 0 Å². The molecule has 10 heteroatoms. The Hall–Kier alpha value is -4.05. The van der Waals surface area contributed by atoms with Crippen molar-refractivity contribution in [2.45, 2.75) is 39.2 Å². The summed E-state index contributed by atoms with van der Waals surface area (Å²) in [4.78, 5) is 31.2. The van der Waals surface area contributed by atoms with Crippen molar-refractivity contribution < 1.29 is 28.5 Å². The van der Waals surface area contributed by atoms with Crippen LogP contribution in [0.3, 0.4) is 0 Å². The topological polar surface area (TPSA) is 95.4 Å². The molecule has 1 atom stereocenters. The molecule has 0 spiro atoms. The largest absolute Gasteiger partial charge is 0.493 e. The third kappa shape index (κ3) is 6.09. The highest BCUT2D eigenvalue weighted by molar-refractivity contribution is 5.86. The molecule has 3 aliphatic heterocycles. The molecule has 4 heterocycles. The van der Waals surface area contributed by atoms with Crippen LogP contribution in [-0.4, -0.2) is 85.1 Å². The zero-order chi connectivity index (χ0) is 29.8. The number of nitrogens with zero attached hydrogens (tertiary/aromatic N) is 4. The van der Waals surface area contributed by atoms with Gasteiger partial charge in [-0.3, -0.25) is 14.3 Å². The Labute approximate surface area is 247 Å². The molecule has 1 aromatic heterocycles. The van der Waals surface area contributed by atoms with Crippen LogP contribution in [0.1, 0.15) is 46.1 Å². The number of carbonyl (C=O) groups is 2. The quantitative estimate of drug-likeness (QED) is 0.430. The van der Waals surface area contributed by atoms with Gasteiger partial charge in [-0.25, -0.2) is 0 Å². The van der Waals surface area contributed by atoms with Crippen LogP contribution in [0.25, 0.3) is 0 Å². The molecular formula is C32H40N4O6. The first kappa shape index (κ1) is 29.4. The lowest BCUT2D eigenvalue weighted by atomic mass is 9.87. The smallest absolute Gasteiger partial charge is 0.242 e. The molecule has 3 aliphatic rings. The third-order valence-corrected chi connectivity index (χ3v) is 8.32. The van der Waals surface area contributed by atoms with Crippen LogP contribution in [0.15, 0.2) is 36.4 Å². The average molecular weight is 577 g/mol. The summed E-state index contributed by atoms with van der Waals surface area (Å²) in [5.41, 5.74) is 6.08. The molecule has 2 amide bonds. The molecule has 2 aromatic carbocycles. The summed E-state index contributed by atoms with van der Waals surface area (Å²) in [6.45, 7) is 5.86. The maximum Gasteiger partial charge on any atom is 0.242 e. The lowest BCUT2D eigenvalue weighted by Crippen LogP contribution is -2.47. The molecule has 1 unspecified atom stereocenters. The summed E-state index contributed by atoms with van der Waals surface area (Å²) in [6, 6.07) is 11.4. The zero-order valence-corrected chi connectivity index (χ0v) is 25.1. The minimum Gasteiger partial charge on any atom is -0.493 e. The summed E-state index contributed by atoms with van der Waals surface area (Å²) in [6.07, 6.45) is 1.52. The summed E-state index contributed by atoms with van der Waals surface area (Å²) >= 11 is 0. The Morgan fingerprint density at radius 2 is 1.76 bits per heavy atom. The van der Waals surface area contributed by atoms with E-state index in [9.17, 15) is 9.59 Å². The van der Waals surface area contributed by atoms with Crippen molar-refractivity contribution in [1.82, 2.24) is 19.6 Å². The molecule has 0 radical (unpaired) electrons. The highest BCUT2D eigenvalue weighted by Gasteiger charge is 2.34. The first-order chi connectivity index (χ1) is 20.3. The lowest BCUT2D eigenvalue weighted by Gasteiger charge is -2.39. The van der Waals surface area contributed by atoms with Crippen LogP contribution in [-0.2, 0) is 34.2 Å². The molecule has 6 rings (SSSR count). The summed E-state index contributed by atoms with van der Waals surface area (Å²) < 4.78 is 24.7. The summed E-state index contributed by atoms with van der Waals surface area (Å²) in [5.74, 6) is 1.80. The fourth-order valence-electron chi connectivity index (χ4n) is 5.93. The predicted octanol–water partition coefficient (Wildman–Crippen LogP) is 3.40. The van der Waals surface area contributed by atoms with E-state index in [4.69, 9.17) is 18.9 Å². The number of amides is 2. The van der Waals surface area contributed by atoms with Crippen LogP contribution in [0.4, 0.5) is 0 Å². The molecule has 0 saturated carbocycles. The second-order valence-corrected chi connectivity index (χ2v) is 10.8. The van der Waals surface area contributed by atoms with Gasteiger partial charge < -0.3 is 28.7 Å². The van der Waals surface area contributed by atoms with Crippen molar-refractivity contribution in [1.29, 1.82) is 0 Å². The highest BCUT2D eigenvalue weighted by Crippen LogP contribution is 2.41. The zero-order valence-electron chi connectivity index (χ0n) is 25.1. The number of rotatable bonds is 5. The van der Waals surface area contributed by atoms with Gasteiger partial charge in [-0.15, -0.1) is 0 Å². The second-order valence-electron chi connectivity index (χ2n) is 10.8. The number of fused-ring (bicyclic) bond motifs is 11. The fourth-order valence-corrected chi connectivity index (χ4v) is 5.93. The molecule has 0 fully saturated rings. The van der Waals surface area contributed by atoms with Crippen LogP contribution >= 0.6 is 0 Å². The fraction of sp³-hybridized carbons (Fsp3) is 0.469. The van der Waals surface area contributed by atoms with E-state index in [2.05, 4.69) is 5.10 Å². The van der Waals surface area contributed by atoms with Gasteiger partial charge in [0.1, 0.15) is 12.4 Å². The molecule has 0 saturated heterocycles. The molecule has 42 heavy (non-hydrogen) atoms. The third-order valence-electron chi connectivity index (χ3n) is 8.32. The van der Waals surface area contributed by atoms with E-state index in [1.807, 2.05) is 66.9 Å². The Morgan fingerprint density at radius 1 is 1.02 bits per heavy atom. The van der Waals surface area contributed by atoms with Crippen LogP contribution in [0, 0.1) is 13.8 Å². The van der Waals surface area contributed by atoms with E-state index in [0.717, 1.165) is 39.4 Å². The second kappa shape index (κ2) is 12.9. The average Bonchev–Trinajstić information content (AvgIpc) is 3.24. The van der Waals surface area contributed by atoms with Crippen LogP contribution < -0.4 is 14.2 Å². The molecule has 10 nitrogen and oxygen atoms in total. The Morgan fingerprint density at radius 3 is 2.45 bits per heavy atom. The van der Waals surface area contributed by atoms with Gasteiger partial charge in [0.15, 0.2) is 11.5 Å². The molecule has 224 valence electrons. The number of aryl methyl sites for hydroxylation is 2. The van der Waals surface area contributed by atoms with Crippen molar-refractivity contribution in [2.75, 3.05) is 53.7 Å². The first-order valence-corrected chi connectivity index (χ1v) is 14.4. The molecule has 0 aliphatic carbocycles. The van der Waals surface area contributed by atoms with Crippen LogP contribution in [0.5, 0.6) is 17.2 Å². The van der Waals surface area contributed by atoms with Gasteiger partial charge in [-0.1, -0.05) is 12.1 Å². The van der Waals surface area contributed by atoms with E-state index < -0.39 is 0 Å². The number of hydrogen-bond acceptors (Lipinski definition) is 7. The normalized spacial score (nSPS) is 17.5. The van der Waals surface area contributed by atoms with Crippen molar-refractivity contribution in [3.63, 3.8) is 0 Å².